The van der Waals surface area contributed by atoms with Crippen LogP contribution in [0.1, 0.15) is 0 Å². The fourth-order valence-corrected chi connectivity index (χ4v) is 2.83. The minimum Gasteiger partial charge on any atom is -0.349 e. The van der Waals surface area contributed by atoms with Crippen LogP contribution < -0.4 is 0 Å². The molecule has 0 amide bonds. The maximum Gasteiger partial charge on any atom is 0.447 e. The van der Waals surface area contributed by atoms with Crippen LogP contribution in [-0.2, 0) is 0 Å². The Morgan fingerprint density at radius 3 is 2.33 bits per heavy atom. The van der Waals surface area contributed by atoms with E-state index in [1.54, 1.807) is 24.3 Å². The van der Waals surface area contributed by atoms with Crippen LogP contribution in [0.25, 0.3) is 11.3 Å². The van der Waals surface area contributed by atoms with Crippen molar-refractivity contribution < 1.29 is 13.2 Å². The molecule has 0 bridgehead atoms. The molecule has 0 spiro atoms. The number of benzene rings is 1. The number of alkyl halides is 3. The Hall–Kier alpha value is -0.590. The van der Waals surface area contributed by atoms with E-state index in [0.717, 1.165) is 5.56 Å². The molecule has 0 unspecified atom stereocenters. The number of aromatic nitrogens is 1. The summed E-state index contributed by atoms with van der Waals surface area (Å²) in [5.41, 5.74) is -2.94. The smallest absolute Gasteiger partial charge is 0.349 e. The molecule has 0 saturated heterocycles. The van der Waals surface area contributed by atoms with Gasteiger partial charge in [0.15, 0.2) is 0 Å². The summed E-state index contributed by atoms with van der Waals surface area (Å²) in [6, 6.07) is 8.24. The van der Waals surface area contributed by atoms with Crippen LogP contribution in [0.5, 0.6) is 0 Å². The highest BCUT2D eigenvalue weighted by Crippen LogP contribution is 2.40. The number of H-pyrrole nitrogens is 1. The van der Waals surface area contributed by atoms with Crippen LogP contribution in [-0.4, -0.2) is 10.5 Å². The largest absolute Gasteiger partial charge is 0.447 e. The number of aromatic amines is 1. The van der Waals surface area contributed by atoms with Gasteiger partial charge >= 0.3 is 5.51 Å². The molecule has 2 aromatic rings. The van der Waals surface area contributed by atoms with Crippen molar-refractivity contribution >= 4 is 39.3 Å². The molecule has 0 atom stereocenters. The van der Waals surface area contributed by atoms with Crippen molar-refractivity contribution in [2.24, 2.45) is 0 Å². The van der Waals surface area contributed by atoms with Gasteiger partial charge in [-0.25, -0.2) is 0 Å². The number of halogens is 5. The minimum atomic E-state index is -4.30. The van der Waals surface area contributed by atoms with Crippen molar-refractivity contribution in [3.8, 4) is 11.3 Å². The zero-order chi connectivity index (χ0) is 13.3. The topological polar surface area (TPSA) is 15.8 Å². The SMILES string of the molecule is FC(F)(F)Sc1cc(Br)c(-c2ccc(Cl)cc2)[nH]1. The summed E-state index contributed by atoms with van der Waals surface area (Å²) in [7, 11) is 0. The molecule has 96 valence electrons. The number of nitrogens with one attached hydrogen (secondary N) is 1. The Morgan fingerprint density at radius 1 is 1.17 bits per heavy atom. The summed E-state index contributed by atoms with van der Waals surface area (Å²) in [6.45, 7) is 0. The molecule has 0 aliphatic rings. The van der Waals surface area contributed by atoms with Crippen LogP contribution in [0.4, 0.5) is 13.2 Å². The normalized spacial score (nSPS) is 11.8. The second-order valence-corrected chi connectivity index (χ2v) is 5.81. The Morgan fingerprint density at radius 2 is 1.78 bits per heavy atom. The highest BCUT2D eigenvalue weighted by Gasteiger charge is 2.30. The summed E-state index contributed by atoms with van der Waals surface area (Å²) in [5.74, 6) is 0. The van der Waals surface area contributed by atoms with E-state index >= 15 is 0 Å². The first kappa shape index (κ1) is 13.8. The first-order valence-electron chi connectivity index (χ1n) is 4.75. The van der Waals surface area contributed by atoms with Crippen molar-refractivity contribution in [1.82, 2.24) is 4.98 Å². The molecule has 2 rings (SSSR count). The molecule has 0 aliphatic carbocycles. The van der Waals surface area contributed by atoms with Crippen molar-refractivity contribution in [3.05, 3.63) is 39.8 Å². The second kappa shape index (κ2) is 5.19. The standard InChI is InChI=1S/C11H6BrClF3NS/c12-8-5-9(18-11(14,15)16)17-10(8)6-1-3-7(13)4-2-6/h1-5,17H. The molecular formula is C11H6BrClF3NS. The molecule has 1 aromatic carbocycles. The average Bonchev–Trinajstić information content (AvgIpc) is 2.58. The van der Waals surface area contributed by atoms with Crippen LogP contribution >= 0.6 is 39.3 Å². The molecule has 7 heteroatoms. The maximum atomic E-state index is 12.2. The first-order chi connectivity index (χ1) is 8.35. The van der Waals surface area contributed by atoms with Gasteiger partial charge in [0, 0.05) is 21.3 Å². The quantitative estimate of drug-likeness (QED) is 0.681. The first-order valence-corrected chi connectivity index (χ1v) is 6.74. The monoisotopic (exact) mass is 355 g/mol. The highest BCUT2D eigenvalue weighted by molar-refractivity contribution is 9.10. The van der Waals surface area contributed by atoms with Gasteiger partial charge in [-0.15, -0.1) is 0 Å². The van der Waals surface area contributed by atoms with E-state index in [0.29, 0.717) is 15.2 Å². The lowest BCUT2D eigenvalue weighted by atomic mass is 10.2. The third kappa shape index (κ3) is 3.46. The fraction of sp³-hybridized carbons (Fsp3) is 0.0909. The predicted molar refractivity (Wildman–Crippen MR) is 70.9 cm³/mol. The van der Waals surface area contributed by atoms with Gasteiger partial charge in [0.05, 0.1) is 10.7 Å². The van der Waals surface area contributed by atoms with Crippen molar-refractivity contribution in [2.45, 2.75) is 10.5 Å². The van der Waals surface area contributed by atoms with Crippen LogP contribution in [0.2, 0.25) is 5.02 Å². The lowest BCUT2D eigenvalue weighted by molar-refractivity contribution is -0.0329. The van der Waals surface area contributed by atoms with Gasteiger partial charge in [-0.05, 0) is 39.7 Å². The molecule has 0 aliphatic heterocycles. The Kier molecular flexibility index (Phi) is 3.99. The summed E-state index contributed by atoms with van der Waals surface area (Å²) < 4.78 is 37.3. The van der Waals surface area contributed by atoms with E-state index in [1.165, 1.54) is 6.07 Å². The molecular weight excluding hydrogens is 351 g/mol. The van der Waals surface area contributed by atoms with Gasteiger partial charge in [0.25, 0.3) is 0 Å². The zero-order valence-electron chi connectivity index (χ0n) is 8.68. The van der Waals surface area contributed by atoms with E-state index in [4.69, 9.17) is 11.6 Å². The number of hydrogen-bond donors (Lipinski definition) is 1. The second-order valence-electron chi connectivity index (χ2n) is 3.41. The average molecular weight is 357 g/mol. The van der Waals surface area contributed by atoms with Crippen LogP contribution in [0.15, 0.2) is 39.8 Å². The summed E-state index contributed by atoms with van der Waals surface area (Å²) >= 11 is 8.81. The van der Waals surface area contributed by atoms with Gasteiger partial charge in [-0.2, -0.15) is 13.2 Å². The van der Waals surface area contributed by atoms with E-state index in [-0.39, 0.29) is 16.8 Å². The Labute approximate surface area is 119 Å². The van der Waals surface area contributed by atoms with Gasteiger partial charge < -0.3 is 4.98 Å². The van der Waals surface area contributed by atoms with Crippen molar-refractivity contribution in [2.75, 3.05) is 0 Å². The van der Waals surface area contributed by atoms with Gasteiger partial charge in [0.1, 0.15) is 0 Å². The highest BCUT2D eigenvalue weighted by atomic mass is 79.9. The lowest BCUT2D eigenvalue weighted by Crippen LogP contribution is -1.98. The summed E-state index contributed by atoms with van der Waals surface area (Å²) in [4.78, 5) is 2.73. The Bertz CT molecular complexity index is 550. The molecule has 18 heavy (non-hydrogen) atoms. The van der Waals surface area contributed by atoms with Crippen molar-refractivity contribution in [3.63, 3.8) is 0 Å². The van der Waals surface area contributed by atoms with Gasteiger partial charge in [-0.1, -0.05) is 23.7 Å². The fourth-order valence-electron chi connectivity index (χ4n) is 1.41. The van der Waals surface area contributed by atoms with E-state index in [2.05, 4.69) is 20.9 Å². The predicted octanol–water partition coefficient (Wildman–Crippen LogP) is 5.71. The Balaban J connectivity index is 2.32. The third-order valence-electron chi connectivity index (χ3n) is 2.10. The zero-order valence-corrected chi connectivity index (χ0v) is 11.8. The molecule has 0 saturated carbocycles. The van der Waals surface area contributed by atoms with E-state index < -0.39 is 5.51 Å². The third-order valence-corrected chi connectivity index (χ3v) is 3.65. The minimum absolute atomic E-state index is 0.0410. The molecule has 0 fully saturated rings. The molecule has 1 nitrogen and oxygen atoms in total. The maximum absolute atomic E-state index is 12.2. The number of rotatable bonds is 2. The van der Waals surface area contributed by atoms with Gasteiger partial charge in [0.2, 0.25) is 0 Å². The lowest BCUT2D eigenvalue weighted by Gasteiger charge is -2.03. The molecule has 0 radical (unpaired) electrons. The number of thioether (sulfide) groups is 1. The van der Waals surface area contributed by atoms with E-state index in [1.807, 2.05) is 0 Å². The van der Waals surface area contributed by atoms with Gasteiger partial charge in [-0.3, -0.25) is 0 Å². The summed E-state index contributed by atoms with van der Waals surface area (Å²) in [5, 5.41) is 0.616. The number of hydrogen-bond acceptors (Lipinski definition) is 1. The molecule has 1 heterocycles. The summed E-state index contributed by atoms with van der Waals surface area (Å²) in [6.07, 6.45) is 0. The molecule has 1 N–H and O–H groups in total. The van der Waals surface area contributed by atoms with Crippen LogP contribution in [0, 0.1) is 0 Å². The molecule has 1 aromatic heterocycles. The van der Waals surface area contributed by atoms with Crippen molar-refractivity contribution in [1.29, 1.82) is 0 Å². The van der Waals surface area contributed by atoms with E-state index in [9.17, 15) is 13.2 Å². The van der Waals surface area contributed by atoms with Crippen LogP contribution in [0.3, 0.4) is 0 Å².